The number of carbonyl (C=O) groups is 1. The largest absolute Gasteiger partial charge is 0.478 e. The molecule has 0 radical (unpaired) electrons. The maximum Gasteiger partial charge on any atom is 0.336 e. The molecule has 0 aliphatic carbocycles. The molecular weight excluding hydrogens is 244 g/mol. The highest BCUT2D eigenvalue weighted by molar-refractivity contribution is 7.95. The van der Waals surface area contributed by atoms with E-state index < -0.39 is 15.8 Å². The molecule has 0 saturated carbocycles. The van der Waals surface area contributed by atoms with Crippen LogP contribution in [0.4, 0.5) is 0 Å². The topological polar surface area (TPSA) is 80.7 Å². The molecule has 0 spiro atoms. The zero-order valence-electron chi connectivity index (χ0n) is 9.00. The van der Waals surface area contributed by atoms with Crippen LogP contribution in [0.25, 0.3) is 5.57 Å². The van der Waals surface area contributed by atoms with E-state index in [0.29, 0.717) is 5.57 Å². The fourth-order valence-corrected chi connectivity index (χ4v) is 3.33. The molecule has 0 atom stereocenters. The molecule has 0 saturated heterocycles. The predicted molar refractivity (Wildman–Crippen MR) is 60.4 cm³/mol. The summed E-state index contributed by atoms with van der Waals surface area (Å²) in [7, 11) is -2.11. The summed E-state index contributed by atoms with van der Waals surface area (Å²) < 4.78 is 28.5. The number of aromatic carboxylic acids is 1. The lowest BCUT2D eigenvalue weighted by atomic mass is 10.0. The number of ether oxygens (including phenoxy) is 1. The van der Waals surface area contributed by atoms with E-state index in [1.165, 1.54) is 25.3 Å². The summed E-state index contributed by atoms with van der Waals surface area (Å²) in [5.41, 5.74) is 0.592. The van der Waals surface area contributed by atoms with E-state index in [2.05, 4.69) is 0 Å². The zero-order valence-corrected chi connectivity index (χ0v) is 9.82. The molecule has 1 aliphatic rings. The molecule has 6 heteroatoms. The van der Waals surface area contributed by atoms with Crippen molar-refractivity contribution in [1.29, 1.82) is 0 Å². The van der Waals surface area contributed by atoms with Gasteiger partial charge in [0.15, 0.2) is 0 Å². The second-order valence-electron chi connectivity index (χ2n) is 3.60. The van der Waals surface area contributed by atoms with Crippen LogP contribution < -0.4 is 0 Å². The molecule has 1 aliphatic heterocycles. The third kappa shape index (κ3) is 1.85. The summed E-state index contributed by atoms with van der Waals surface area (Å²) in [6, 6.07) is 4.20. The molecule has 0 amide bonds. The highest BCUT2D eigenvalue weighted by Gasteiger charge is 2.30. The van der Waals surface area contributed by atoms with Gasteiger partial charge in [0, 0.05) is 18.1 Å². The SMILES string of the molecule is COCC1=CS(=O)(=O)c2cccc(C(=O)O)c21. The van der Waals surface area contributed by atoms with Gasteiger partial charge in [-0.05, 0) is 17.7 Å². The second kappa shape index (κ2) is 3.97. The van der Waals surface area contributed by atoms with Gasteiger partial charge in [-0.15, -0.1) is 0 Å². The van der Waals surface area contributed by atoms with Gasteiger partial charge in [-0.25, -0.2) is 13.2 Å². The van der Waals surface area contributed by atoms with Gasteiger partial charge in [-0.3, -0.25) is 0 Å². The number of methoxy groups -OCH3 is 1. The van der Waals surface area contributed by atoms with Gasteiger partial charge in [0.05, 0.1) is 17.1 Å². The Kier molecular flexibility index (Phi) is 2.76. The van der Waals surface area contributed by atoms with Crippen molar-refractivity contribution >= 4 is 21.4 Å². The Morgan fingerprint density at radius 2 is 2.12 bits per heavy atom. The summed E-state index contributed by atoms with van der Waals surface area (Å²) in [5, 5.41) is 10.1. The molecule has 5 nitrogen and oxygen atoms in total. The van der Waals surface area contributed by atoms with Crippen LogP contribution in [0.2, 0.25) is 0 Å². The van der Waals surface area contributed by atoms with Gasteiger partial charge in [0.25, 0.3) is 0 Å². The van der Waals surface area contributed by atoms with Crippen LogP contribution in [0.3, 0.4) is 0 Å². The number of hydrogen-bond acceptors (Lipinski definition) is 4. The van der Waals surface area contributed by atoms with Gasteiger partial charge < -0.3 is 9.84 Å². The molecule has 1 aromatic rings. The fourth-order valence-electron chi connectivity index (χ4n) is 1.85. The number of hydrogen-bond donors (Lipinski definition) is 1. The number of rotatable bonds is 3. The molecule has 90 valence electrons. The fraction of sp³-hybridized carbons (Fsp3) is 0.182. The molecule has 1 heterocycles. The molecule has 2 rings (SSSR count). The Morgan fingerprint density at radius 1 is 1.41 bits per heavy atom. The van der Waals surface area contributed by atoms with Gasteiger partial charge in [0.1, 0.15) is 0 Å². The first-order valence-electron chi connectivity index (χ1n) is 4.78. The molecule has 1 N–H and O–H groups in total. The summed E-state index contributed by atoms with van der Waals surface area (Å²) in [5.74, 6) is -1.15. The Labute approximate surface area is 98.3 Å². The Hall–Kier alpha value is -1.66. The summed E-state index contributed by atoms with van der Waals surface area (Å²) >= 11 is 0. The Bertz CT molecular complexity index is 613. The minimum atomic E-state index is -3.54. The minimum Gasteiger partial charge on any atom is -0.478 e. The standard InChI is InChI=1S/C11H10O5S/c1-16-5-7-6-17(14,15)9-4-2-3-8(10(7)9)11(12)13/h2-4,6H,5H2,1H3,(H,12,13). The van der Waals surface area contributed by atoms with Gasteiger partial charge in [0.2, 0.25) is 9.84 Å². The molecule has 0 fully saturated rings. The first-order chi connectivity index (χ1) is 7.97. The van der Waals surface area contributed by atoms with Crippen molar-refractivity contribution in [3.05, 3.63) is 34.7 Å². The van der Waals surface area contributed by atoms with Crippen molar-refractivity contribution in [2.45, 2.75) is 4.90 Å². The van der Waals surface area contributed by atoms with Gasteiger partial charge >= 0.3 is 5.97 Å². The summed E-state index contributed by atoms with van der Waals surface area (Å²) in [6.45, 7) is 0.0660. The first-order valence-corrected chi connectivity index (χ1v) is 6.33. The maximum atomic E-state index is 11.8. The predicted octanol–water partition coefficient (Wildman–Crippen LogP) is 1.16. The van der Waals surface area contributed by atoms with E-state index >= 15 is 0 Å². The van der Waals surface area contributed by atoms with E-state index in [0.717, 1.165) is 5.41 Å². The van der Waals surface area contributed by atoms with E-state index in [1.807, 2.05) is 0 Å². The third-order valence-corrected chi connectivity index (χ3v) is 4.03. The number of sulfone groups is 1. The van der Waals surface area contributed by atoms with Crippen molar-refractivity contribution in [3.8, 4) is 0 Å². The molecular formula is C11H10O5S. The maximum absolute atomic E-state index is 11.8. The van der Waals surface area contributed by atoms with Gasteiger partial charge in [-0.1, -0.05) is 6.07 Å². The number of carboxylic acid groups (broad SMARTS) is 1. The van der Waals surface area contributed by atoms with Crippen LogP contribution in [0, 0.1) is 0 Å². The molecule has 17 heavy (non-hydrogen) atoms. The normalized spacial score (nSPS) is 16.4. The van der Waals surface area contributed by atoms with Crippen molar-refractivity contribution < 1.29 is 23.1 Å². The van der Waals surface area contributed by atoms with Crippen molar-refractivity contribution in [3.63, 3.8) is 0 Å². The van der Waals surface area contributed by atoms with Crippen LogP contribution in [-0.2, 0) is 14.6 Å². The molecule has 0 unspecified atom stereocenters. The lowest BCUT2D eigenvalue weighted by Crippen LogP contribution is -2.05. The zero-order chi connectivity index (χ0) is 12.6. The van der Waals surface area contributed by atoms with E-state index in [1.54, 1.807) is 0 Å². The minimum absolute atomic E-state index is 0.0214. The van der Waals surface area contributed by atoms with Crippen molar-refractivity contribution in [2.75, 3.05) is 13.7 Å². The van der Waals surface area contributed by atoms with E-state index in [4.69, 9.17) is 9.84 Å². The third-order valence-electron chi connectivity index (χ3n) is 2.48. The lowest BCUT2D eigenvalue weighted by Gasteiger charge is -2.07. The second-order valence-corrected chi connectivity index (χ2v) is 5.37. The van der Waals surface area contributed by atoms with Crippen LogP contribution in [0.15, 0.2) is 28.5 Å². The quantitative estimate of drug-likeness (QED) is 0.875. The van der Waals surface area contributed by atoms with Crippen LogP contribution in [0.1, 0.15) is 15.9 Å². The van der Waals surface area contributed by atoms with Crippen molar-refractivity contribution in [2.24, 2.45) is 0 Å². The summed E-state index contributed by atoms with van der Waals surface area (Å²) in [4.78, 5) is 11.1. The lowest BCUT2D eigenvalue weighted by molar-refractivity contribution is 0.0696. The van der Waals surface area contributed by atoms with Crippen LogP contribution in [-0.4, -0.2) is 33.2 Å². The molecule has 0 aromatic heterocycles. The molecule has 0 bridgehead atoms. The number of fused-ring (bicyclic) bond motifs is 1. The van der Waals surface area contributed by atoms with Gasteiger partial charge in [-0.2, -0.15) is 0 Å². The summed E-state index contributed by atoms with van der Waals surface area (Å²) in [6.07, 6.45) is 0. The Balaban J connectivity index is 2.74. The van der Waals surface area contributed by atoms with E-state index in [9.17, 15) is 13.2 Å². The number of benzene rings is 1. The first kappa shape index (κ1) is 11.8. The highest BCUT2D eigenvalue weighted by Crippen LogP contribution is 2.35. The monoisotopic (exact) mass is 254 g/mol. The van der Waals surface area contributed by atoms with E-state index in [-0.39, 0.29) is 22.6 Å². The Morgan fingerprint density at radius 3 is 2.71 bits per heavy atom. The van der Waals surface area contributed by atoms with Crippen LogP contribution >= 0.6 is 0 Å². The molecule has 1 aromatic carbocycles. The average Bonchev–Trinajstić information content (AvgIpc) is 2.51. The van der Waals surface area contributed by atoms with Crippen LogP contribution in [0.5, 0.6) is 0 Å². The number of carboxylic acids is 1. The average molecular weight is 254 g/mol. The smallest absolute Gasteiger partial charge is 0.336 e. The van der Waals surface area contributed by atoms with Crippen molar-refractivity contribution in [1.82, 2.24) is 0 Å². The highest BCUT2D eigenvalue weighted by atomic mass is 32.2.